The van der Waals surface area contributed by atoms with Gasteiger partial charge < -0.3 is 18.6 Å². The van der Waals surface area contributed by atoms with Crippen LogP contribution in [0, 0.1) is 6.92 Å². The van der Waals surface area contributed by atoms with E-state index in [1.165, 1.54) is 37.6 Å². The number of aromatic nitrogens is 2. The van der Waals surface area contributed by atoms with E-state index >= 15 is 0 Å². The van der Waals surface area contributed by atoms with E-state index < -0.39 is 11.9 Å². The Bertz CT molecular complexity index is 1560. The number of hydrogen-bond acceptors (Lipinski definition) is 9. The summed E-state index contributed by atoms with van der Waals surface area (Å²) >= 11 is 7.60. The minimum atomic E-state index is -0.875. The maximum atomic E-state index is 13.9. The Hall–Kier alpha value is -3.63. The van der Waals surface area contributed by atoms with Crippen molar-refractivity contribution in [3.8, 4) is 17.2 Å². The highest BCUT2D eigenvalue weighted by Gasteiger charge is 2.45. The summed E-state index contributed by atoms with van der Waals surface area (Å²) in [6, 6.07) is 5.76. The Labute approximate surface area is 215 Å². The molecule has 1 aliphatic rings. The van der Waals surface area contributed by atoms with E-state index in [0.717, 1.165) is 10.6 Å². The van der Waals surface area contributed by atoms with Gasteiger partial charge in [-0.15, -0.1) is 10.2 Å². The summed E-state index contributed by atoms with van der Waals surface area (Å²) in [5.41, 5.74) is 1.38. The van der Waals surface area contributed by atoms with Crippen LogP contribution in [0.2, 0.25) is 5.02 Å². The van der Waals surface area contributed by atoms with Gasteiger partial charge in [-0.25, -0.2) is 0 Å². The number of halogens is 1. The van der Waals surface area contributed by atoms with Crippen molar-refractivity contribution in [3.63, 3.8) is 0 Å². The van der Waals surface area contributed by atoms with Gasteiger partial charge in [0.2, 0.25) is 16.6 Å². The lowest BCUT2D eigenvalue weighted by molar-refractivity contribution is 0.0970. The van der Waals surface area contributed by atoms with Crippen molar-refractivity contribution in [2.24, 2.45) is 0 Å². The van der Waals surface area contributed by atoms with Crippen molar-refractivity contribution in [2.75, 3.05) is 26.2 Å². The Morgan fingerprint density at radius 2 is 1.75 bits per heavy atom. The Morgan fingerprint density at radius 3 is 2.33 bits per heavy atom. The summed E-state index contributed by atoms with van der Waals surface area (Å²) in [6.07, 6.45) is 0.653. The number of carbonyl (C=O) groups is 1. The van der Waals surface area contributed by atoms with Gasteiger partial charge in [0.25, 0.3) is 5.91 Å². The second-order valence-corrected chi connectivity index (χ2v) is 9.59. The van der Waals surface area contributed by atoms with Crippen LogP contribution in [0.15, 0.2) is 33.5 Å². The molecule has 0 spiro atoms. The zero-order valence-electron chi connectivity index (χ0n) is 20.2. The molecule has 0 saturated heterocycles. The maximum absolute atomic E-state index is 13.9. The molecule has 1 aliphatic heterocycles. The molecule has 1 unspecified atom stereocenters. The van der Waals surface area contributed by atoms with Gasteiger partial charge in [-0.3, -0.25) is 14.5 Å². The number of anilines is 1. The first-order valence-electron chi connectivity index (χ1n) is 11.1. The molecule has 5 rings (SSSR count). The van der Waals surface area contributed by atoms with Crippen molar-refractivity contribution in [1.29, 1.82) is 0 Å². The van der Waals surface area contributed by atoms with Crippen LogP contribution in [0.4, 0.5) is 5.13 Å². The first-order valence-corrected chi connectivity index (χ1v) is 12.2. The monoisotopic (exact) mass is 527 g/mol. The summed E-state index contributed by atoms with van der Waals surface area (Å²) in [6.45, 7) is 3.75. The molecule has 36 heavy (non-hydrogen) atoms. The van der Waals surface area contributed by atoms with Crippen LogP contribution in [0.1, 0.15) is 45.2 Å². The zero-order valence-corrected chi connectivity index (χ0v) is 21.7. The molecule has 0 saturated carbocycles. The number of aryl methyl sites for hydroxylation is 2. The number of rotatable bonds is 6. The van der Waals surface area contributed by atoms with E-state index in [1.807, 2.05) is 6.92 Å². The Balaban J connectivity index is 1.84. The van der Waals surface area contributed by atoms with Crippen molar-refractivity contribution >= 4 is 44.9 Å². The Morgan fingerprint density at radius 1 is 1.06 bits per heavy atom. The van der Waals surface area contributed by atoms with Crippen LogP contribution in [0.3, 0.4) is 0 Å². The quantitative estimate of drug-likeness (QED) is 0.347. The number of fused-ring (bicyclic) bond motifs is 2. The van der Waals surface area contributed by atoms with Crippen LogP contribution in [-0.2, 0) is 6.42 Å². The van der Waals surface area contributed by atoms with Crippen LogP contribution < -0.4 is 24.5 Å². The van der Waals surface area contributed by atoms with Crippen molar-refractivity contribution in [2.45, 2.75) is 26.3 Å². The second kappa shape index (κ2) is 9.11. The number of hydrogen-bond donors (Lipinski definition) is 0. The average Bonchev–Trinajstić information content (AvgIpc) is 3.47. The fourth-order valence-electron chi connectivity index (χ4n) is 4.35. The third-order valence-electron chi connectivity index (χ3n) is 6.12. The maximum Gasteiger partial charge on any atom is 0.297 e. The predicted molar refractivity (Wildman–Crippen MR) is 136 cm³/mol. The van der Waals surface area contributed by atoms with Crippen LogP contribution in [0.25, 0.3) is 11.0 Å². The first kappa shape index (κ1) is 24.1. The SMILES string of the molecule is CCc1nnc(N2C(=O)c3oc4cc(C)c(Cl)cc4c(=O)c3C2c2cc(OC)c(OC)c(OC)c2)s1. The highest BCUT2D eigenvalue weighted by molar-refractivity contribution is 7.15. The summed E-state index contributed by atoms with van der Waals surface area (Å²) in [7, 11) is 4.49. The fourth-order valence-corrected chi connectivity index (χ4v) is 5.32. The van der Waals surface area contributed by atoms with Crippen molar-refractivity contribution < 1.29 is 23.4 Å². The molecule has 2 aromatic carbocycles. The minimum Gasteiger partial charge on any atom is -0.493 e. The molecule has 11 heteroatoms. The summed E-state index contributed by atoms with van der Waals surface area (Å²) in [5, 5.41) is 10.2. The molecule has 0 fully saturated rings. The van der Waals surface area contributed by atoms with Gasteiger partial charge in [0.15, 0.2) is 16.9 Å². The normalized spacial score (nSPS) is 14.9. The van der Waals surface area contributed by atoms with E-state index in [0.29, 0.717) is 39.4 Å². The van der Waals surface area contributed by atoms with E-state index in [9.17, 15) is 9.59 Å². The first-order chi connectivity index (χ1) is 17.3. The lowest BCUT2D eigenvalue weighted by Crippen LogP contribution is -2.29. The number of amides is 1. The Kier molecular flexibility index (Phi) is 6.09. The molecule has 0 bridgehead atoms. The van der Waals surface area contributed by atoms with Gasteiger partial charge >= 0.3 is 0 Å². The molecular formula is C25H22ClN3O6S. The lowest BCUT2D eigenvalue weighted by atomic mass is 9.97. The van der Waals surface area contributed by atoms with E-state index in [4.69, 9.17) is 30.2 Å². The molecule has 0 N–H and O–H groups in total. The molecule has 2 aromatic heterocycles. The average molecular weight is 528 g/mol. The number of ether oxygens (including phenoxy) is 3. The minimum absolute atomic E-state index is 0.0544. The van der Waals surface area contributed by atoms with E-state index in [-0.39, 0.29) is 27.7 Å². The van der Waals surface area contributed by atoms with Gasteiger partial charge in [-0.2, -0.15) is 0 Å². The topological polar surface area (TPSA) is 104 Å². The van der Waals surface area contributed by atoms with Crippen molar-refractivity contribution in [3.05, 3.63) is 67.0 Å². The number of methoxy groups -OCH3 is 3. The smallest absolute Gasteiger partial charge is 0.297 e. The number of nitrogens with zero attached hydrogens (tertiary/aromatic N) is 3. The van der Waals surface area contributed by atoms with Crippen LogP contribution in [0.5, 0.6) is 17.2 Å². The van der Waals surface area contributed by atoms with Gasteiger partial charge in [-0.05, 0) is 48.7 Å². The highest BCUT2D eigenvalue weighted by Crippen LogP contribution is 2.47. The molecule has 186 valence electrons. The summed E-state index contributed by atoms with van der Waals surface area (Å²) < 4.78 is 22.6. The second-order valence-electron chi connectivity index (χ2n) is 8.14. The molecular weight excluding hydrogens is 506 g/mol. The zero-order chi connectivity index (χ0) is 25.7. The van der Waals surface area contributed by atoms with Crippen LogP contribution in [-0.4, -0.2) is 37.4 Å². The fraction of sp³-hybridized carbons (Fsp3) is 0.280. The van der Waals surface area contributed by atoms with Gasteiger partial charge in [0.05, 0.1) is 38.3 Å². The molecule has 3 heterocycles. The summed E-state index contributed by atoms with van der Waals surface area (Å²) in [5.74, 6) is 0.596. The lowest BCUT2D eigenvalue weighted by Gasteiger charge is -2.24. The van der Waals surface area contributed by atoms with E-state index in [1.54, 1.807) is 31.2 Å². The van der Waals surface area contributed by atoms with E-state index in [2.05, 4.69) is 10.2 Å². The molecule has 1 amide bonds. The van der Waals surface area contributed by atoms with Gasteiger partial charge in [0, 0.05) is 5.02 Å². The largest absolute Gasteiger partial charge is 0.493 e. The summed E-state index contributed by atoms with van der Waals surface area (Å²) in [4.78, 5) is 29.1. The van der Waals surface area contributed by atoms with Crippen molar-refractivity contribution in [1.82, 2.24) is 10.2 Å². The molecule has 1 atom stereocenters. The molecule has 4 aromatic rings. The van der Waals surface area contributed by atoms with Gasteiger partial charge in [0.1, 0.15) is 10.6 Å². The number of carbonyl (C=O) groups excluding carboxylic acids is 1. The number of benzene rings is 2. The third kappa shape index (κ3) is 3.59. The molecule has 0 radical (unpaired) electrons. The van der Waals surface area contributed by atoms with Gasteiger partial charge in [-0.1, -0.05) is 29.9 Å². The highest BCUT2D eigenvalue weighted by atomic mass is 35.5. The third-order valence-corrected chi connectivity index (χ3v) is 7.59. The van der Waals surface area contributed by atoms with Crippen LogP contribution >= 0.6 is 22.9 Å². The molecule has 9 nitrogen and oxygen atoms in total. The standard InChI is InChI=1S/C25H22ClN3O6S/c1-6-18-27-28-25(36-18)29-20(12-8-16(32-3)22(34-5)17(9-12)33-4)19-21(30)13-10-14(26)11(2)7-15(13)35-23(19)24(29)31/h7-10,20H,6H2,1-5H3. The predicted octanol–water partition coefficient (Wildman–Crippen LogP) is 4.94. The molecule has 0 aliphatic carbocycles.